The summed E-state index contributed by atoms with van der Waals surface area (Å²) in [5, 5.41) is 11.5. The Hall–Kier alpha value is -2.11. The van der Waals surface area contributed by atoms with E-state index < -0.39 is 5.97 Å². The second kappa shape index (κ2) is 5.26. The number of aromatic carboxylic acids is 1. The maximum atomic E-state index is 11.9. The van der Waals surface area contributed by atoms with Crippen molar-refractivity contribution in [1.82, 2.24) is 9.88 Å². The molecule has 2 amide bonds. The fraction of sp³-hybridized carbons (Fsp3) is 0.462. The summed E-state index contributed by atoms with van der Waals surface area (Å²) in [5.74, 6) is 0.204. The maximum absolute atomic E-state index is 11.9. The largest absolute Gasteiger partial charge is 0.478 e. The fourth-order valence-corrected chi connectivity index (χ4v) is 1.93. The van der Waals surface area contributed by atoms with E-state index in [1.807, 2.05) is 0 Å². The van der Waals surface area contributed by atoms with Crippen LogP contribution in [0, 0.1) is 11.8 Å². The van der Waals surface area contributed by atoms with Gasteiger partial charge in [-0.15, -0.1) is 0 Å². The number of anilines is 1. The first-order valence-corrected chi connectivity index (χ1v) is 6.18. The Kier molecular flexibility index (Phi) is 3.69. The van der Waals surface area contributed by atoms with E-state index in [9.17, 15) is 9.59 Å². The number of amides is 2. The van der Waals surface area contributed by atoms with Gasteiger partial charge in [-0.2, -0.15) is 0 Å². The minimum atomic E-state index is -1.07. The first-order chi connectivity index (χ1) is 8.97. The SMILES string of the molecule is CC1CC1CN(C)C(=O)Nc1cncc(C(=O)O)c1. The van der Waals surface area contributed by atoms with E-state index >= 15 is 0 Å². The summed E-state index contributed by atoms with van der Waals surface area (Å²) in [7, 11) is 1.73. The Labute approximate surface area is 111 Å². The maximum Gasteiger partial charge on any atom is 0.337 e. The lowest BCUT2D eigenvalue weighted by atomic mass is 10.2. The molecule has 19 heavy (non-hydrogen) atoms. The summed E-state index contributed by atoms with van der Waals surface area (Å²) in [6.45, 7) is 2.88. The third kappa shape index (κ3) is 3.43. The molecule has 6 nitrogen and oxygen atoms in total. The summed E-state index contributed by atoms with van der Waals surface area (Å²) in [5.41, 5.74) is 0.442. The van der Waals surface area contributed by atoms with Gasteiger partial charge in [0, 0.05) is 19.8 Å². The summed E-state index contributed by atoms with van der Waals surface area (Å²) in [4.78, 5) is 28.1. The Morgan fingerprint density at radius 2 is 2.21 bits per heavy atom. The molecule has 1 aliphatic carbocycles. The van der Waals surface area contributed by atoms with Crippen molar-refractivity contribution in [2.75, 3.05) is 18.9 Å². The van der Waals surface area contributed by atoms with Crippen LogP contribution < -0.4 is 5.32 Å². The van der Waals surface area contributed by atoms with Crippen LogP contribution in [0.25, 0.3) is 0 Å². The number of urea groups is 1. The van der Waals surface area contributed by atoms with E-state index in [-0.39, 0.29) is 11.6 Å². The minimum absolute atomic E-state index is 0.0521. The number of pyridine rings is 1. The molecule has 2 atom stereocenters. The smallest absolute Gasteiger partial charge is 0.337 e. The van der Waals surface area contributed by atoms with Crippen molar-refractivity contribution in [2.24, 2.45) is 11.8 Å². The molecule has 0 radical (unpaired) electrons. The third-order valence-electron chi connectivity index (χ3n) is 3.37. The lowest BCUT2D eigenvalue weighted by molar-refractivity contribution is 0.0696. The van der Waals surface area contributed by atoms with Crippen LogP contribution in [0.4, 0.5) is 10.5 Å². The lowest BCUT2D eigenvalue weighted by Crippen LogP contribution is -2.33. The first-order valence-electron chi connectivity index (χ1n) is 6.18. The van der Waals surface area contributed by atoms with E-state index in [1.54, 1.807) is 11.9 Å². The highest BCUT2D eigenvalue weighted by Crippen LogP contribution is 2.37. The Morgan fingerprint density at radius 3 is 2.79 bits per heavy atom. The predicted molar refractivity (Wildman–Crippen MR) is 70.1 cm³/mol. The van der Waals surface area contributed by atoms with Crippen LogP contribution >= 0.6 is 0 Å². The van der Waals surface area contributed by atoms with E-state index in [0.717, 1.165) is 13.0 Å². The molecule has 0 spiro atoms. The van der Waals surface area contributed by atoms with Crippen LogP contribution in [-0.4, -0.2) is 40.6 Å². The van der Waals surface area contributed by atoms with Gasteiger partial charge in [0.1, 0.15) is 0 Å². The molecule has 2 rings (SSSR count). The topological polar surface area (TPSA) is 82.5 Å². The summed E-state index contributed by atoms with van der Waals surface area (Å²) in [6, 6.07) is 1.14. The second-order valence-corrected chi connectivity index (χ2v) is 5.05. The van der Waals surface area contributed by atoms with Crippen LogP contribution in [0.15, 0.2) is 18.5 Å². The highest BCUT2D eigenvalue weighted by Gasteiger charge is 2.34. The van der Waals surface area contributed by atoms with E-state index in [2.05, 4.69) is 17.2 Å². The van der Waals surface area contributed by atoms with Crippen LogP contribution in [-0.2, 0) is 0 Å². The number of hydrogen-bond donors (Lipinski definition) is 2. The highest BCUT2D eigenvalue weighted by molar-refractivity contribution is 5.92. The number of carboxylic acid groups (broad SMARTS) is 1. The van der Waals surface area contributed by atoms with E-state index in [0.29, 0.717) is 17.5 Å². The minimum Gasteiger partial charge on any atom is -0.478 e. The molecule has 1 aromatic rings. The zero-order valence-electron chi connectivity index (χ0n) is 11.0. The van der Waals surface area contributed by atoms with Crippen molar-refractivity contribution in [3.63, 3.8) is 0 Å². The van der Waals surface area contributed by atoms with Gasteiger partial charge >= 0.3 is 12.0 Å². The number of carboxylic acids is 1. The molecule has 2 N–H and O–H groups in total. The number of rotatable bonds is 4. The summed E-state index contributed by atoms with van der Waals surface area (Å²) < 4.78 is 0. The molecule has 0 saturated heterocycles. The highest BCUT2D eigenvalue weighted by atomic mass is 16.4. The van der Waals surface area contributed by atoms with E-state index in [1.165, 1.54) is 18.5 Å². The summed E-state index contributed by atoms with van der Waals surface area (Å²) in [6.07, 6.45) is 3.83. The van der Waals surface area contributed by atoms with Gasteiger partial charge in [-0.3, -0.25) is 4.98 Å². The third-order valence-corrected chi connectivity index (χ3v) is 3.37. The van der Waals surface area contributed by atoms with Crippen molar-refractivity contribution >= 4 is 17.7 Å². The molecule has 0 aliphatic heterocycles. The Morgan fingerprint density at radius 1 is 1.53 bits per heavy atom. The zero-order valence-corrected chi connectivity index (χ0v) is 11.0. The van der Waals surface area contributed by atoms with Crippen molar-refractivity contribution in [3.8, 4) is 0 Å². The number of nitrogens with zero attached hydrogens (tertiary/aromatic N) is 2. The summed E-state index contributed by atoms with van der Waals surface area (Å²) >= 11 is 0. The number of carbonyl (C=O) groups excluding carboxylic acids is 1. The molecule has 1 aromatic heterocycles. The average Bonchev–Trinajstić information content (AvgIpc) is 3.05. The van der Waals surface area contributed by atoms with E-state index in [4.69, 9.17) is 5.11 Å². The van der Waals surface area contributed by atoms with Gasteiger partial charge in [-0.05, 0) is 24.3 Å². The molecule has 2 unspecified atom stereocenters. The average molecular weight is 263 g/mol. The first kappa shape index (κ1) is 13.3. The number of hydrogen-bond acceptors (Lipinski definition) is 3. The standard InChI is InChI=1S/C13H17N3O3/c1-8-3-10(8)7-16(2)13(19)15-11-4-9(12(17)18)5-14-6-11/h4-6,8,10H,3,7H2,1-2H3,(H,15,19)(H,17,18). The molecule has 1 saturated carbocycles. The van der Waals surface area contributed by atoms with Crippen molar-refractivity contribution in [3.05, 3.63) is 24.0 Å². The quantitative estimate of drug-likeness (QED) is 0.869. The second-order valence-electron chi connectivity index (χ2n) is 5.05. The monoisotopic (exact) mass is 263 g/mol. The molecule has 102 valence electrons. The Bertz CT molecular complexity index is 504. The lowest BCUT2D eigenvalue weighted by Gasteiger charge is -2.17. The Balaban J connectivity index is 1.94. The number of nitrogens with one attached hydrogen (secondary N) is 1. The molecule has 1 heterocycles. The van der Waals surface area contributed by atoms with Crippen molar-refractivity contribution < 1.29 is 14.7 Å². The van der Waals surface area contributed by atoms with Gasteiger partial charge in [-0.1, -0.05) is 6.92 Å². The van der Waals surface area contributed by atoms with Crippen molar-refractivity contribution in [2.45, 2.75) is 13.3 Å². The number of carbonyl (C=O) groups is 2. The predicted octanol–water partition coefficient (Wildman–Crippen LogP) is 1.90. The van der Waals surface area contributed by atoms with Crippen LogP contribution in [0.5, 0.6) is 0 Å². The van der Waals surface area contributed by atoms with Crippen LogP contribution in [0.2, 0.25) is 0 Å². The van der Waals surface area contributed by atoms with Crippen molar-refractivity contribution in [1.29, 1.82) is 0 Å². The van der Waals surface area contributed by atoms with Gasteiger partial charge in [0.2, 0.25) is 0 Å². The van der Waals surface area contributed by atoms with Gasteiger partial charge in [0.25, 0.3) is 0 Å². The number of aromatic nitrogens is 1. The molecular formula is C13H17N3O3. The molecular weight excluding hydrogens is 246 g/mol. The zero-order chi connectivity index (χ0) is 14.0. The van der Waals surface area contributed by atoms with Crippen LogP contribution in [0.3, 0.4) is 0 Å². The normalized spacial score (nSPS) is 20.7. The van der Waals surface area contributed by atoms with Gasteiger partial charge in [-0.25, -0.2) is 9.59 Å². The van der Waals surface area contributed by atoms with Gasteiger partial charge in [0.05, 0.1) is 17.4 Å². The molecule has 0 aromatic carbocycles. The molecule has 6 heteroatoms. The van der Waals surface area contributed by atoms with Gasteiger partial charge < -0.3 is 15.3 Å². The fourth-order valence-electron chi connectivity index (χ4n) is 1.93. The van der Waals surface area contributed by atoms with Crippen LogP contribution in [0.1, 0.15) is 23.7 Å². The molecule has 1 aliphatic rings. The molecule has 1 fully saturated rings. The molecule has 0 bridgehead atoms. The van der Waals surface area contributed by atoms with Gasteiger partial charge in [0.15, 0.2) is 0 Å².